The van der Waals surface area contributed by atoms with Gasteiger partial charge in [-0.15, -0.1) is 0 Å². The van der Waals surface area contributed by atoms with Crippen LogP contribution in [0.15, 0.2) is 6.20 Å². The molecule has 48 valence electrons. The molecule has 1 heterocycles. The molecule has 0 aliphatic heterocycles. The van der Waals surface area contributed by atoms with Gasteiger partial charge in [0.05, 0.1) is 6.20 Å². The van der Waals surface area contributed by atoms with Crippen molar-refractivity contribution in [2.45, 2.75) is 0 Å². The monoisotopic (exact) mass is 160 g/mol. The highest BCUT2D eigenvalue weighted by Gasteiger charge is 1.83. The summed E-state index contributed by atoms with van der Waals surface area (Å²) in [6.45, 7) is 0. The quantitative estimate of drug-likeness (QED) is 0.425. The van der Waals surface area contributed by atoms with E-state index < -0.39 is 0 Å². The third-order valence-electron chi connectivity index (χ3n) is 0.791. The Morgan fingerprint density at radius 2 is 2.33 bits per heavy atom. The fourth-order valence-corrected chi connectivity index (χ4v) is 0.712. The van der Waals surface area contributed by atoms with Gasteiger partial charge in [0, 0.05) is 0 Å². The van der Waals surface area contributed by atoms with E-state index in [2.05, 4.69) is 10.2 Å². The zero-order valence-corrected chi connectivity index (χ0v) is 6.00. The first-order valence-corrected chi connectivity index (χ1v) is 2.95. The lowest BCUT2D eigenvalue weighted by atomic mass is 10.9. The van der Waals surface area contributed by atoms with Crippen molar-refractivity contribution in [1.29, 1.82) is 0 Å². The van der Waals surface area contributed by atoms with Crippen molar-refractivity contribution in [3.63, 3.8) is 0 Å². The molecule has 6 heteroatoms. The minimum atomic E-state index is 0.322. The van der Waals surface area contributed by atoms with Gasteiger partial charge < -0.3 is 5.84 Å². The predicted molar refractivity (Wildman–Crippen MR) is 38.4 cm³/mol. The van der Waals surface area contributed by atoms with Crippen molar-refractivity contribution in [1.82, 2.24) is 14.9 Å². The average molecular weight is 160 g/mol. The molecule has 0 bridgehead atoms. The minimum Gasteiger partial charge on any atom is -0.336 e. The highest BCUT2D eigenvalue weighted by atomic mass is 32.1. The molecule has 0 spiro atoms. The number of hydrogen-bond acceptors (Lipinski definition) is 4. The van der Waals surface area contributed by atoms with Gasteiger partial charge >= 0.3 is 0 Å². The third kappa shape index (κ3) is 1.14. The van der Waals surface area contributed by atoms with Crippen LogP contribution in [0.5, 0.6) is 0 Å². The normalized spacial score (nSPS) is 9.33. The minimum absolute atomic E-state index is 0.322. The maximum Gasteiger partial charge on any atom is 0.213 e. The summed E-state index contributed by atoms with van der Waals surface area (Å²) in [7, 11) is 0. The van der Waals surface area contributed by atoms with Gasteiger partial charge in [0.25, 0.3) is 0 Å². The summed E-state index contributed by atoms with van der Waals surface area (Å²) >= 11 is 9.42. The van der Waals surface area contributed by atoms with Gasteiger partial charge in [-0.05, 0) is 12.2 Å². The van der Waals surface area contributed by atoms with E-state index in [1.165, 1.54) is 10.9 Å². The topological polar surface area (TPSA) is 59.6 Å². The van der Waals surface area contributed by atoms with Crippen LogP contribution in [0.25, 0.3) is 0 Å². The fourth-order valence-electron chi connectivity index (χ4n) is 0.359. The third-order valence-corrected chi connectivity index (χ3v) is 1.38. The summed E-state index contributed by atoms with van der Waals surface area (Å²) < 4.78 is 1.92. The Morgan fingerprint density at radius 1 is 1.67 bits per heavy atom. The molecule has 0 fully saturated rings. The second kappa shape index (κ2) is 2.24. The van der Waals surface area contributed by atoms with Crippen molar-refractivity contribution in [3.8, 4) is 0 Å². The fraction of sp³-hybridized carbons (Fsp3) is 0. The van der Waals surface area contributed by atoms with E-state index in [4.69, 9.17) is 30.3 Å². The molecule has 9 heavy (non-hydrogen) atoms. The van der Waals surface area contributed by atoms with Crippen LogP contribution in [-0.2, 0) is 0 Å². The summed E-state index contributed by atoms with van der Waals surface area (Å²) in [6, 6.07) is 0. The van der Waals surface area contributed by atoms with Gasteiger partial charge in [0.15, 0.2) is 0 Å². The standard InChI is InChI=1S/C3H4N4S2/c4-7-2(8)1-5-6-3(7)9/h1H,4H2,(H,6,9). The molecule has 0 amide bonds. The summed E-state index contributed by atoms with van der Waals surface area (Å²) in [4.78, 5) is 0. The SMILES string of the molecule is Nn1c(=S)cn[nH]c1=S. The van der Waals surface area contributed by atoms with E-state index in [1.54, 1.807) is 0 Å². The molecule has 1 aromatic rings. The predicted octanol–water partition coefficient (Wildman–Crippen LogP) is 0.384. The summed E-state index contributed by atoms with van der Waals surface area (Å²) in [5, 5.41) is 6.09. The number of hydrogen-bond donors (Lipinski definition) is 2. The molecule has 1 aromatic heterocycles. The molecular formula is C3H4N4S2. The van der Waals surface area contributed by atoms with Crippen LogP contribution in [-0.4, -0.2) is 14.9 Å². The molecular weight excluding hydrogens is 156 g/mol. The lowest BCUT2D eigenvalue weighted by molar-refractivity contribution is 0.821. The molecule has 0 atom stereocenters. The number of nitrogens with two attached hydrogens (primary N) is 1. The average Bonchev–Trinajstić information content (AvgIpc) is 1.83. The lowest BCUT2D eigenvalue weighted by Gasteiger charge is -1.93. The van der Waals surface area contributed by atoms with Crippen LogP contribution >= 0.6 is 24.4 Å². The first-order valence-electron chi connectivity index (χ1n) is 2.13. The second-order valence-corrected chi connectivity index (χ2v) is 2.19. The Bertz CT molecular complexity index is 282. The molecule has 0 radical (unpaired) electrons. The van der Waals surface area contributed by atoms with Crippen LogP contribution in [0.1, 0.15) is 0 Å². The molecule has 0 saturated carbocycles. The maximum absolute atomic E-state index is 5.32. The molecule has 4 nitrogen and oxygen atoms in total. The summed E-state index contributed by atoms with van der Waals surface area (Å²) in [6.07, 6.45) is 1.42. The van der Waals surface area contributed by atoms with Gasteiger partial charge in [-0.1, -0.05) is 12.2 Å². The number of nitrogen functional groups attached to an aromatic ring is 1. The van der Waals surface area contributed by atoms with Crippen LogP contribution in [0.3, 0.4) is 0 Å². The van der Waals surface area contributed by atoms with Crippen molar-refractivity contribution < 1.29 is 0 Å². The van der Waals surface area contributed by atoms with Crippen LogP contribution in [0.4, 0.5) is 0 Å². The molecule has 0 aliphatic rings. The smallest absolute Gasteiger partial charge is 0.213 e. The molecule has 0 aliphatic carbocycles. The largest absolute Gasteiger partial charge is 0.336 e. The highest BCUT2D eigenvalue weighted by molar-refractivity contribution is 7.72. The second-order valence-electron chi connectivity index (χ2n) is 1.38. The first-order chi connectivity index (χ1) is 4.22. The molecule has 1 rings (SSSR count). The number of rotatable bonds is 0. The molecule has 3 N–H and O–H groups in total. The summed E-state index contributed by atoms with van der Waals surface area (Å²) in [5.74, 6) is 5.32. The van der Waals surface area contributed by atoms with E-state index in [0.29, 0.717) is 9.41 Å². The highest BCUT2D eigenvalue weighted by Crippen LogP contribution is 1.81. The van der Waals surface area contributed by atoms with Crippen LogP contribution < -0.4 is 5.84 Å². The lowest BCUT2D eigenvalue weighted by Crippen LogP contribution is -2.12. The van der Waals surface area contributed by atoms with Gasteiger partial charge in [-0.3, -0.25) is 5.10 Å². The van der Waals surface area contributed by atoms with E-state index in [9.17, 15) is 0 Å². The zero-order chi connectivity index (χ0) is 6.85. The number of nitrogens with zero attached hydrogens (tertiary/aromatic N) is 2. The zero-order valence-electron chi connectivity index (χ0n) is 4.37. The number of nitrogens with one attached hydrogen (secondary N) is 1. The Labute approximate surface area is 61.3 Å². The van der Waals surface area contributed by atoms with Gasteiger partial charge in [0.1, 0.15) is 4.64 Å². The maximum atomic E-state index is 5.32. The molecule has 0 unspecified atom stereocenters. The van der Waals surface area contributed by atoms with E-state index >= 15 is 0 Å². The first kappa shape index (κ1) is 6.37. The Kier molecular flexibility index (Phi) is 1.58. The van der Waals surface area contributed by atoms with Crippen molar-refractivity contribution >= 4 is 24.4 Å². The van der Waals surface area contributed by atoms with Gasteiger partial charge in [0.2, 0.25) is 4.77 Å². The van der Waals surface area contributed by atoms with Crippen molar-refractivity contribution in [2.24, 2.45) is 0 Å². The molecule has 0 aromatic carbocycles. The number of aromatic amines is 1. The van der Waals surface area contributed by atoms with Gasteiger partial charge in [-0.25, -0.2) is 4.68 Å². The van der Waals surface area contributed by atoms with E-state index in [1.807, 2.05) is 0 Å². The Morgan fingerprint density at radius 3 is 2.78 bits per heavy atom. The van der Waals surface area contributed by atoms with Gasteiger partial charge in [-0.2, -0.15) is 5.10 Å². The molecule has 0 saturated heterocycles. The number of aromatic nitrogens is 3. The van der Waals surface area contributed by atoms with Crippen LogP contribution in [0, 0.1) is 9.41 Å². The van der Waals surface area contributed by atoms with Crippen molar-refractivity contribution in [2.75, 3.05) is 5.84 Å². The van der Waals surface area contributed by atoms with Crippen LogP contribution in [0.2, 0.25) is 0 Å². The van der Waals surface area contributed by atoms with Crippen molar-refractivity contribution in [3.05, 3.63) is 15.6 Å². The van der Waals surface area contributed by atoms with E-state index in [0.717, 1.165) is 0 Å². The summed E-state index contributed by atoms with van der Waals surface area (Å²) in [5.41, 5.74) is 0. The number of H-pyrrole nitrogens is 1. The van der Waals surface area contributed by atoms with E-state index in [-0.39, 0.29) is 0 Å². The Hall–Kier alpha value is -0.750. The Balaban J connectivity index is 3.62.